The van der Waals surface area contributed by atoms with E-state index in [4.69, 9.17) is 0 Å². The van der Waals surface area contributed by atoms with Gasteiger partial charge in [0.05, 0.1) is 0 Å². The number of unbranched alkanes of at least 4 members (excludes halogenated alkanes) is 20. The molecule has 0 heterocycles. The molecule has 1 unspecified atom stereocenters. The quantitative estimate of drug-likeness (QED) is 0.119. The van der Waals surface area contributed by atoms with E-state index in [2.05, 4.69) is 13.8 Å². The molecule has 1 aliphatic carbocycles. The third-order valence-corrected chi connectivity index (χ3v) is 7.81. The van der Waals surface area contributed by atoms with Gasteiger partial charge in [0.25, 0.3) is 0 Å². The largest absolute Gasteiger partial charge is 0.0654 e. The summed E-state index contributed by atoms with van der Waals surface area (Å²) in [4.78, 5) is 0. The monoisotopic (exact) mass is 434 g/mol. The second-order valence-electron chi connectivity index (χ2n) is 11.3. The summed E-state index contributed by atoms with van der Waals surface area (Å²) in [5, 5.41) is 0. The highest BCUT2D eigenvalue weighted by molar-refractivity contribution is 4.72. The first-order valence-electron chi connectivity index (χ1n) is 15.3. The van der Waals surface area contributed by atoms with Crippen LogP contribution in [0.25, 0.3) is 0 Å². The van der Waals surface area contributed by atoms with E-state index in [0.29, 0.717) is 0 Å². The highest BCUT2D eigenvalue weighted by atomic mass is 14.3. The fraction of sp³-hybridized carbons (Fsp3) is 1.00. The van der Waals surface area contributed by atoms with Crippen molar-refractivity contribution in [2.45, 2.75) is 187 Å². The van der Waals surface area contributed by atoms with Crippen LogP contribution in [-0.4, -0.2) is 0 Å². The van der Waals surface area contributed by atoms with Crippen molar-refractivity contribution in [3.8, 4) is 0 Å². The highest BCUT2D eigenvalue weighted by Crippen LogP contribution is 2.34. The van der Waals surface area contributed by atoms with Gasteiger partial charge >= 0.3 is 0 Å². The van der Waals surface area contributed by atoms with Crippen LogP contribution in [0.2, 0.25) is 0 Å². The predicted octanol–water partition coefficient (Wildman–Crippen LogP) is 11.8. The summed E-state index contributed by atoms with van der Waals surface area (Å²) in [5.74, 6) is 2.12. The fourth-order valence-electron chi connectivity index (χ4n) is 5.22. The van der Waals surface area contributed by atoms with Gasteiger partial charge in [0.2, 0.25) is 0 Å². The van der Waals surface area contributed by atoms with Crippen LogP contribution in [-0.2, 0) is 0 Å². The molecule has 1 saturated carbocycles. The molecule has 1 atom stereocenters. The summed E-state index contributed by atoms with van der Waals surface area (Å²) in [6, 6.07) is 0. The molecule has 0 nitrogen and oxygen atoms in total. The lowest BCUT2D eigenvalue weighted by Crippen LogP contribution is -1.95. The minimum atomic E-state index is 0.976. The van der Waals surface area contributed by atoms with Gasteiger partial charge in [0.15, 0.2) is 0 Å². The highest BCUT2D eigenvalue weighted by Gasteiger charge is 2.19. The molecular formula is C31H62. The van der Waals surface area contributed by atoms with E-state index in [9.17, 15) is 0 Å². The Kier molecular flexibility index (Phi) is 21.7. The van der Waals surface area contributed by atoms with Gasteiger partial charge in [-0.1, -0.05) is 187 Å². The SMILES string of the molecule is CCCCCCCCCCCCCCCCCCCCC(C)CCCCCCC1CC1. The summed E-state index contributed by atoms with van der Waals surface area (Å²) in [6.45, 7) is 4.80. The van der Waals surface area contributed by atoms with Crippen LogP contribution in [0.5, 0.6) is 0 Å². The van der Waals surface area contributed by atoms with Crippen LogP contribution >= 0.6 is 0 Å². The second-order valence-corrected chi connectivity index (χ2v) is 11.3. The molecule has 0 radical (unpaired) electrons. The lowest BCUT2D eigenvalue weighted by atomic mass is 9.95. The lowest BCUT2D eigenvalue weighted by molar-refractivity contribution is 0.430. The van der Waals surface area contributed by atoms with E-state index >= 15 is 0 Å². The maximum Gasteiger partial charge on any atom is -0.0414 e. The zero-order chi connectivity index (χ0) is 22.2. The molecule has 0 aliphatic heterocycles. The van der Waals surface area contributed by atoms with E-state index < -0.39 is 0 Å². The Morgan fingerprint density at radius 2 is 0.774 bits per heavy atom. The maximum atomic E-state index is 2.50. The Labute approximate surface area is 199 Å². The average molecular weight is 435 g/mol. The Morgan fingerprint density at radius 3 is 1.13 bits per heavy atom. The van der Waals surface area contributed by atoms with Crippen LogP contribution in [0.3, 0.4) is 0 Å². The van der Waals surface area contributed by atoms with Crippen LogP contribution < -0.4 is 0 Å². The van der Waals surface area contributed by atoms with Crippen molar-refractivity contribution in [1.29, 1.82) is 0 Å². The Bertz CT molecular complexity index is 329. The zero-order valence-corrected chi connectivity index (χ0v) is 22.2. The third-order valence-electron chi connectivity index (χ3n) is 7.81. The van der Waals surface area contributed by atoms with Crippen LogP contribution in [0.15, 0.2) is 0 Å². The molecular weight excluding hydrogens is 372 g/mol. The molecule has 31 heavy (non-hydrogen) atoms. The molecule has 0 saturated heterocycles. The summed E-state index contributed by atoms with van der Waals surface area (Å²) in [5.41, 5.74) is 0. The van der Waals surface area contributed by atoms with Crippen molar-refractivity contribution < 1.29 is 0 Å². The lowest BCUT2D eigenvalue weighted by Gasteiger charge is -2.11. The van der Waals surface area contributed by atoms with E-state index in [1.807, 2.05) is 0 Å². The van der Waals surface area contributed by atoms with Crippen molar-refractivity contribution in [2.75, 3.05) is 0 Å². The van der Waals surface area contributed by atoms with E-state index in [-0.39, 0.29) is 0 Å². The maximum absolute atomic E-state index is 2.50. The molecule has 0 N–H and O–H groups in total. The van der Waals surface area contributed by atoms with Crippen LogP contribution in [0.4, 0.5) is 0 Å². The summed E-state index contributed by atoms with van der Waals surface area (Å²) >= 11 is 0. The van der Waals surface area contributed by atoms with Crippen molar-refractivity contribution in [1.82, 2.24) is 0 Å². The van der Waals surface area contributed by atoms with Gasteiger partial charge in [0, 0.05) is 0 Å². The molecule has 1 fully saturated rings. The van der Waals surface area contributed by atoms with E-state index in [1.54, 1.807) is 0 Å². The average Bonchev–Trinajstić information content (AvgIpc) is 3.59. The molecule has 0 spiro atoms. The van der Waals surface area contributed by atoms with Crippen molar-refractivity contribution in [3.05, 3.63) is 0 Å². The topological polar surface area (TPSA) is 0 Å². The molecule has 0 aromatic rings. The Morgan fingerprint density at radius 1 is 0.452 bits per heavy atom. The first kappa shape index (κ1) is 29.0. The van der Waals surface area contributed by atoms with Crippen molar-refractivity contribution in [2.24, 2.45) is 11.8 Å². The first-order chi connectivity index (χ1) is 15.3. The van der Waals surface area contributed by atoms with Crippen LogP contribution in [0.1, 0.15) is 187 Å². The second kappa shape index (κ2) is 23.2. The molecule has 1 rings (SSSR count). The molecule has 0 aromatic carbocycles. The summed E-state index contributed by atoms with van der Waals surface area (Å²) in [6.07, 6.45) is 40.2. The first-order valence-corrected chi connectivity index (χ1v) is 15.3. The van der Waals surface area contributed by atoms with Gasteiger partial charge in [-0.25, -0.2) is 0 Å². The van der Waals surface area contributed by atoms with Crippen molar-refractivity contribution in [3.63, 3.8) is 0 Å². The molecule has 0 bridgehead atoms. The molecule has 0 heteroatoms. The Hall–Kier alpha value is 0. The van der Waals surface area contributed by atoms with Gasteiger partial charge < -0.3 is 0 Å². The van der Waals surface area contributed by atoms with Gasteiger partial charge in [0.1, 0.15) is 0 Å². The molecule has 1 aliphatic rings. The van der Waals surface area contributed by atoms with Gasteiger partial charge in [-0.15, -0.1) is 0 Å². The number of hydrogen-bond acceptors (Lipinski definition) is 0. The minimum Gasteiger partial charge on any atom is -0.0654 e. The Balaban J connectivity index is 1.65. The minimum absolute atomic E-state index is 0.976. The van der Waals surface area contributed by atoms with Gasteiger partial charge in [-0.05, 0) is 11.8 Å². The zero-order valence-electron chi connectivity index (χ0n) is 22.2. The standard InChI is InChI=1S/C31H62/c1-3-4-5-6-7-8-9-10-11-12-13-14-15-16-17-18-19-22-25-30(2)26-23-20-21-24-27-31-28-29-31/h30-31H,3-29H2,1-2H3. The van der Waals surface area contributed by atoms with Crippen LogP contribution in [0, 0.1) is 11.8 Å². The number of hydrogen-bond donors (Lipinski definition) is 0. The van der Waals surface area contributed by atoms with E-state index in [0.717, 1.165) is 11.8 Å². The molecule has 0 aromatic heterocycles. The normalized spacial score (nSPS) is 14.9. The number of rotatable bonds is 26. The third kappa shape index (κ3) is 23.0. The fourth-order valence-corrected chi connectivity index (χ4v) is 5.22. The van der Waals surface area contributed by atoms with Gasteiger partial charge in [-0.2, -0.15) is 0 Å². The van der Waals surface area contributed by atoms with Gasteiger partial charge in [-0.3, -0.25) is 0 Å². The summed E-state index contributed by atoms with van der Waals surface area (Å²) in [7, 11) is 0. The molecule has 0 amide bonds. The smallest absolute Gasteiger partial charge is 0.0414 e. The summed E-state index contributed by atoms with van der Waals surface area (Å²) < 4.78 is 0. The van der Waals surface area contributed by atoms with E-state index in [1.165, 1.54) is 173 Å². The van der Waals surface area contributed by atoms with Crippen molar-refractivity contribution >= 4 is 0 Å². The predicted molar refractivity (Wildman–Crippen MR) is 143 cm³/mol. The molecule has 186 valence electrons.